The first-order valence-electron chi connectivity index (χ1n) is 5.78. The average Bonchev–Trinajstić information content (AvgIpc) is 2.35. The smallest absolute Gasteiger partial charge is 0.219 e. The number of rotatable bonds is 5. The van der Waals surface area contributed by atoms with Crippen molar-refractivity contribution in [1.29, 1.82) is 0 Å². The summed E-state index contributed by atoms with van der Waals surface area (Å²) in [5.74, 6) is 0.0574. The second-order valence-electron chi connectivity index (χ2n) is 4.01. The zero-order valence-corrected chi connectivity index (χ0v) is 9.74. The van der Waals surface area contributed by atoms with E-state index in [0.717, 1.165) is 37.8 Å². The zero-order chi connectivity index (χ0) is 11.8. The van der Waals surface area contributed by atoms with Crippen molar-refractivity contribution < 1.29 is 14.7 Å². The van der Waals surface area contributed by atoms with Gasteiger partial charge in [0.1, 0.15) is 0 Å². The van der Waals surface area contributed by atoms with Crippen molar-refractivity contribution in [2.45, 2.75) is 44.6 Å². The van der Waals surface area contributed by atoms with Crippen LogP contribution in [0.3, 0.4) is 0 Å². The number of nitrogens with one attached hydrogen (secondary N) is 1. The lowest BCUT2D eigenvalue weighted by atomic mass is 9.96. The van der Waals surface area contributed by atoms with Crippen molar-refractivity contribution in [2.75, 3.05) is 13.7 Å². The summed E-state index contributed by atoms with van der Waals surface area (Å²) in [5.41, 5.74) is 0.866. The third kappa shape index (κ3) is 4.61. The number of amides is 1. The highest BCUT2D eigenvalue weighted by atomic mass is 16.5. The minimum Gasteiger partial charge on any atom is -0.411 e. The van der Waals surface area contributed by atoms with E-state index in [1.54, 1.807) is 7.05 Å². The van der Waals surface area contributed by atoms with Gasteiger partial charge in [-0.25, -0.2) is 0 Å². The molecule has 1 fully saturated rings. The largest absolute Gasteiger partial charge is 0.411 e. The Kier molecular flexibility index (Phi) is 5.85. The zero-order valence-electron chi connectivity index (χ0n) is 9.74. The second-order valence-corrected chi connectivity index (χ2v) is 4.01. The second kappa shape index (κ2) is 7.22. The number of carbonyl (C=O) groups is 1. The Morgan fingerprint density at radius 3 is 2.81 bits per heavy atom. The van der Waals surface area contributed by atoms with Crippen molar-refractivity contribution in [1.82, 2.24) is 5.32 Å². The molecule has 0 aromatic heterocycles. The summed E-state index contributed by atoms with van der Waals surface area (Å²) in [6.07, 6.45) is 5.01. The Labute approximate surface area is 95.9 Å². The van der Waals surface area contributed by atoms with Gasteiger partial charge in [-0.2, -0.15) is 0 Å². The first-order valence-corrected chi connectivity index (χ1v) is 5.78. The molecule has 0 radical (unpaired) electrons. The van der Waals surface area contributed by atoms with Crippen LogP contribution >= 0.6 is 0 Å². The maximum absolute atomic E-state index is 10.9. The summed E-state index contributed by atoms with van der Waals surface area (Å²) < 4.78 is 5.65. The summed E-state index contributed by atoms with van der Waals surface area (Å²) in [6.45, 7) is 0.629. The van der Waals surface area contributed by atoms with E-state index in [-0.39, 0.29) is 12.0 Å². The normalized spacial score (nSPS) is 20.6. The predicted octanol–water partition coefficient (Wildman–Crippen LogP) is 1.30. The standard InChI is InChI=1S/C11H20N2O3/c1-12-11(14)3-2-8-16-10-6-4-9(13-15)5-7-10/h10,15H,2-8H2,1H3,(H,12,14). The molecule has 16 heavy (non-hydrogen) atoms. The van der Waals surface area contributed by atoms with E-state index in [4.69, 9.17) is 9.94 Å². The van der Waals surface area contributed by atoms with Crippen LogP contribution in [0.5, 0.6) is 0 Å². The summed E-state index contributed by atoms with van der Waals surface area (Å²) >= 11 is 0. The fraction of sp³-hybridized carbons (Fsp3) is 0.818. The van der Waals surface area contributed by atoms with Gasteiger partial charge in [-0.3, -0.25) is 4.79 Å². The van der Waals surface area contributed by atoms with Crippen LogP contribution in [-0.2, 0) is 9.53 Å². The van der Waals surface area contributed by atoms with Gasteiger partial charge in [-0.05, 0) is 32.1 Å². The van der Waals surface area contributed by atoms with Gasteiger partial charge in [0.15, 0.2) is 0 Å². The topological polar surface area (TPSA) is 70.9 Å². The van der Waals surface area contributed by atoms with Crippen LogP contribution in [0.4, 0.5) is 0 Å². The molecule has 0 aliphatic heterocycles. The van der Waals surface area contributed by atoms with Crippen LogP contribution in [0.15, 0.2) is 5.16 Å². The van der Waals surface area contributed by atoms with Crippen molar-refractivity contribution in [2.24, 2.45) is 5.16 Å². The summed E-state index contributed by atoms with van der Waals surface area (Å²) in [7, 11) is 1.64. The summed E-state index contributed by atoms with van der Waals surface area (Å²) in [5, 5.41) is 14.4. The van der Waals surface area contributed by atoms with E-state index in [9.17, 15) is 4.79 Å². The molecule has 0 saturated heterocycles. The van der Waals surface area contributed by atoms with E-state index in [1.165, 1.54) is 0 Å². The van der Waals surface area contributed by atoms with Gasteiger partial charge in [0.05, 0.1) is 11.8 Å². The molecule has 0 spiro atoms. The molecule has 0 aromatic rings. The quantitative estimate of drug-likeness (QED) is 0.423. The molecule has 5 nitrogen and oxygen atoms in total. The Bertz CT molecular complexity index is 244. The fourth-order valence-electron chi connectivity index (χ4n) is 1.80. The molecule has 1 amide bonds. The average molecular weight is 228 g/mol. The molecule has 2 N–H and O–H groups in total. The highest BCUT2D eigenvalue weighted by Gasteiger charge is 2.18. The van der Waals surface area contributed by atoms with Gasteiger partial charge in [0, 0.05) is 20.1 Å². The van der Waals surface area contributed by atoms with E-state index in [2.05, 4.69) is 10.5 Å². The molecule has 1 aliphatic rings. The highest BCUT2D eigenvalue weighted by Crippen LogP contribution is 2.19. The summed E-state index contributed by atoms with van der Waals surface area (Å²) in [4.78, 5) is 10.9. The maximum atomic E-state index is 10.9. The molecule has 0 atom stereocenters. The lowest BCUT2D eigenvalue weighted by Gasteiger charge is -2.22. The van der Waals surface area contributed by atoms with Gasteiger partial charge in [0.2, 0.25) is 5.91 Å². The predicted molar refractivity (Wildman–Crippen MR) is 60.7 cm³/mol. The lowest BCUT2D eigenvalue weighted by Crippen LogP contribution is -2.23. The molecule has 0 heterocycles. The van der Waals surface area contributed by atoms with E-state index < -0.39 is 0 Å². The Balaban J connectivity index is 2.04. The van der Waals surface area contributed by atoms with Crippen LogP contribution in [0.2, 0.25) is 0 Å². The Hall–Kier alpha value is -1.10. The van der Waals surface area contributed by atoms with Crippen LogP contribution in [-0.4, -0.2) is 36.6 Å². The Morgan fingerprint density at radius 1 is 1.56 bits per heavy atom. The number of hydrogen-bond donors (Lipinski definition) is 2. The maximum Gasteiger partial charge on any atom is 0.219 e. The number of hydrogen-bond acceptors (Lipinski definition) is 4. The lowest BCUT2D eigenvalue weighted by molar-refractivity contribution is -0.121. The van der Waals surface area contributed by atoms with Crippen molar-refractivity contribution in [3.63, 3.8) is 0 Å². The van der Waals surface area contributed by atoms with Crippen LogP contribution in [0.25, 0.3) is 0 Å². The molecule has 1 saturated carbocycles. The van der Waals surface area contributed by atoms with Crippen LogP contribution in [0, 0.1) is 0 Å². The molecule has 1 aliphatic carbocycles. The molecule has 92 valence electrons. The summed E-state index contributed by atoms with van der Waals surface area (Å²) in [6, 6.07) is 0. The van der Waals surface area contributed by atoms with Gasteiger partial charge < -0.3 is 15.3 Å². The van der Waals surface area contributed by atoms with Gasteiger partial charge in [0.25, 0.3) is 0 Å². The first kappa shape index (κ1) is 13.0. The minimum atomic E-state index is 0.0574. The molecular weight excluding hydrogens is 208 g/mol. The van der Waals surface area contributed by atoms with E-state index in [0.29, 0.717) is 13.0 Å². The third-order valence-corrected chi connectivity index (χ3v) is 2.83. The van der Waals surface area contributed by atoms with Crippen LogP contribution < -0.4 is 5.32 Å². The van der Waals surface area contributed by atoms with Crippen LogP contribution in [0.1, 0.15) is 38.5 Å². The molecular formula is C11H20N2O3. The van der Waals surface area contributed by atoms with Crippen molar-refractivity contribution >= 4 is 11.6 Å². The third-order valence-electron chi connectivity index (χ3n) is 2.83. The number of oxime groups is 1. The van der Waals surface area contributed by atoms with Gasteiger partial charge >= 0.3 is 0 Å². The minimum absolute atomic E-state index is 0.0574. The molecule has 1 rings (SSSR count). The van der Waals surface area contributed by atoms with E-state index >= 15 is 0 Å². The molecule has 0 unspecified atom stereocenters. The van der Waals surface area contributed by atoms with Gasteiger partial charge in [-0.1, -0.05) is 5.16 Å². The number of nitrogens with zero attached hydrogens (tertiary/aromatic N) is 1. The number of ether oxygens (including phenoxy) is 1. The molecule has 0 aromatic carbocycles. The van der Waals surface area contributed by atoms with Gasteiger partial charge in [-0.15, -0.1) is 0 Å². The monoisotopic (exact) mass is 228 g/mol. The van der Waals surface area contributed by atoms with Crippen molar-refractivity contribution in [3.8, 4) is 0 Å². The molecule has 5 heteroatoms. The first-order chi connectivity index (χ1) is 7.76. The SMILES string of the molecule is CNC(=O)CCCOC1CCC(=NO)CC1. The highest BCUT2D eigenvalue weighted by molar-refractivity contribution is 5.84. The van der Waals surface area contributed by atoms with Crippen molar-refractivity contribution in [3.05, 3.63) is 0 Å². The van der Waals surface area contributed by atoms with E-state index in [1.807, 2.05) is 0 Å². The number of carbonyl (C=O) groups excluding carboxylic acids is 1. The fourth-order valence-corrected chi connectivity index (χ4v) is 1.80. The molecule has 0 bridgehead atoms. The Morgan fingerprint density at radius 2 is 2.25 bits per heavy atom.